The SMILES string of the molecule is COc1ccccc1N[C@@H](C1C=CC=C1)C(C)(C)C. The number of anilines is 1. The largest absolute Gasteiger partial charge is 0.495 e. The van der Waals surface area contributed by atoms with Crippen molar-refractivity contribution in [1.82, 2.24) is 0 Å². The lowest BCUT2D eigenvalue weighted by Gasteiger charge is -2.36. The second-order valence-corrected chi connectivity index (χ2v) is 6.04. The molecule has 0 amide bonds. The van der Waals surface area contributed by atoms with E-state index in [2.05, 4.69) is 56.5 Å². The molecule has 0 radical (unpaired) electrons. The minimum Gasteiger partial charge on any atom is -0.495 e. The van der Waals surface area contributed by atoms with E-state index in [4.69, 9.17) is 4.74 Å². The average molecular weight is 257 g/mol. The van der Waals surface area contributed by atoms with E-state index in [9.17, 15) is 0 Å². The Labute approximate surface area is 116 Å². The lowest BCUT2D eigenvalue weighted by atomic mass is 9.79. The van der Waals surface area contributed by atoms with Crippen LogP contribution in [-0.4, -0.2) is 13.2 Å². The summed E-state index contributed by atoms with van der Waals surface area (Å²) in [5.41, 5.74) is 1.21. The lowest BCUT2D eigenvalue weighted by molar-refractivity contribution is 0.310. The first kappa shape index (κ1) is 13.7. The van der Waals surface area contributed by atoms with Gasteiger partial charge in [-0.25, -0.2) is 0 Å². The molecule has 0 saturated heterocycles. The fourth-order valence-corrected chi connectivity index (χ4v) is 2.49. The highest BCUT2D eigenvalue weighted by Gasteiger charge is 2.30. The third-order valence-electron chi connectivity index (χ3n) is 3.51. The average Bonchev–Trinajstić information content (AvgIpc) is 2.88. The van der Waals surface area contributed by atoms with Gasteiger partial charge in [-0.2, -0.15) is 0 Å². The highest BCUT2D eigenvalue weighted by atomic mass is 16.5. The number of ether oxygens (including phenoxy) is 1. The van der Waals surface area contributed by atoms with Gasteiger partial charge in [0.15, 0.2) is 0 Å². The van der Waals surface area contributed by atoms with E-state index in [1.54, 1.807) is 7.11 Å². The molecule has 0 unspecified atom stereocenters. The molecule has 102 valence electrons. The van der Waals surface area contributed by atoms with Crippen molar-refractivity contribution >= 4 is 5.69 Å². The summed E-state index contributed by atoms with van der Waals surface area (Å²) in [7, 11) is 1.71. The third kappa shape index (κ3) is 3.19. The van der Waals surface area contributed by atoms with Crippen LogP contribution in [0.1, 0.15) is 20.8 Å². The molecule has 0 saturated carbocycles. The molecular weight excluding hydrogens is 234 g/mol. The molecule has 2 heteroatoms. The van der Waals surface area contributed by atoms with E-state index in [1.165, 1.54) is 0 Å². The van der Waals surface area contributed by atoms with Crippen LogP contribution in [0.3, 0.4) is 0 Å². The Balaban J connectivity index is 2.25. The first-order valence-electron chi connectivity index (χ1n) is 6.77. The second kappa shape index (κ2) is 5.52. The van der Waals surface area contributed by atoms with Gasteiger partial charge in [-0.3, -0.25) is 0 Å². The van der Waals surface area contributed by atoms with Crippen molar-refractivity contribution in [3.63, 3.8) is 0 Å². The second-order valence-electron chi connectivity index (χ2n) is 6.04. The van der Waals surface area contributed by atoms with E-state index < -0.39 is 0 Å². The van der Waals surface area contributed by atoms with Crippen LogP contribution in [0, 0.1) is 11.3 Å². The first-order valence-corrected chi connectivity index (χ1v) is 6.77. The summed E-state index contributed by atoms with van der Waals surface area (Å²) in [6, 6.07) is 8.41. The van der Waals surface area contributed by atoms with Crippen LogP contribution in [0.4, 0.5) is 5.69 Å². The van der Waals surface area contributed by atoms with Crippen molar-refractivity contribution in [2.45, 2.75) is 26.8 Å². The minimum absolute atomic E-state index is 0.157. The predicted octanol–water partition coefficient (Wildman–Crippen LogP) is 4.26. The van der Waals surface area contributed by atoms with Crippen molar-refractivity contribution in [3.05, 3.63) is 48.6 Å². The maximum Gasteiger partial charge on any atom is 0.141 e. The molecule has 0 heterocycles. The fraction of sp³-hybridized carbons (Fsp3) is 0.412. The molecule has 1 aliphatic rings. The number of hydrogen-bond acceptors (Lipinski definition) is 2. The van der Waals surface area contributed by atoms with Gasteiger partial charge in [0.25, 0.3) is 0 Å². The summed E-state index contributed by atoms with van der Waals surface area (Å²) in [4.78, 5) is 0. The van der Waals surface area contributed by atoms with Crippen LogP contribution in [-0.2, 0) is 0 Å². The van der Waals surface area contributed by atoms with Gasteiger partial charge >= 0.3 is 0 Å². The quantitative estimate of drug-likeness (QED) is 0.870. The molecule has 1 aromatic carbocycles. The number of allylic oxidation sites excluding steroid dienone is 2. The first-order chi connectivity index (χ1) is 9.02. The van der Waals surface area contributed by atoms with Crippen molar-refractivity contribution in [2.24, 2.45) is 11.3 Å². The molecule has 0 aliphatic heterocycles. The van der Waals surface area contributed by atoms with E-state index in [0.717, 1.165) is 11.4 Å². The fourth-order valence-electron chi connectivity index (χ4n) is 2.49. The third-order valence-corrected chi connectivity index (χ3v) is 3.51. The molecule has 0 fully saturated rings. The van der Waals surface area contributed by atoms with Crippen LogP contribution in [0.15, 0.2) is 48.6 Å². The summed E-state index contributed by atoms with van der Waals surface area (Å²) in [6.07, 6.45) is 8.73. The van der Waals surface area contributed by atoms with Crippen molar-refractivity contribution < 1.29 is 4.74 Å². The Hall–Kier alpha value is -1.70. The molecule has 0 bridgehead atoms. The zero-order chi connectivity index (χ0) is 13.9. The Morgan fingerprint density at radius 1 is 1.11 bits per heavy atom. The molecule has 2 rings (SSSR count). The van der Waals surface area contributed by atoms with Gasteiger partial charge in [-0.1, -0.05) is 57.2 Å². The molecule has 2 nitrogen and oxygen atoms in total. The van der Waals surface area contributed by atoms with Crippen LogP contribution < -0.4 is 10.1 Å². The summed E-state index contributed by atoms with van der Waals surface area (Å²) in [5, 5.41) is 3.65. The summed E-state index contributed by atoms with van der Waals surface area (Å²) < 4.78 is 5.42. The molecule has 19 heavy (non-hydrogen) atoms. The summed E-state index contributed by atoms with van der Waals surface area (Å²) >= 11 is 0. The lowest BCUT2D eigenvalue weighted by Crippen LogP contribution is -2.39. The van der Waals surface area contributed by atoms with Gasteiger partial charge in [-0.05, 0) is 17.5 Å². The highest BCUT2D eigenvalue weighted by molar-refractivity contribution is 5.57. The number of nitrogens with one attached hydrogen (secondary N) is 1. The summed E-state index contributed by atoms with van der Waals surface area (Å²) in [6.45, 7) is 6.79. The van der Waals surface area contributed by atoms with E-state index in [1.807, 2.05) is 18.2 Å². The van der Waals surface area contributed by atoms with Crippen molar-refractivity contribution in [3.8, 4) is 5.75 Å². The molecule has 1 N–H and O–H groups in total. The Bertz CT molecular complexity index is 470. The van der Waals surface area contributed by atoms with E-state index in [0.29, 0.717) is 12.0 Å². The number of benzene rings is 1. The smallest absolute Gasteiger partial charge is 0.141 e. The van der Waals surface area contributed by atoms with Gasteiger partial charge in [0.05, 0.1) is 12.8 Å². The van der Waals surface area contributed by atoms with Gasteiger partial charge in [0.2, 0.25) is 0 Å². The topological polar surface area (TPSA) is 21.3 Å². The summed E-state index contributed by atoms with van der Waals surface area (Å²) in [5.74, 6) is 1.31. The van der Waals surface area contributed by atoms with Crippen LogP contribution >= 0.6 is 0 Å². The Kier molecular flexibility index (Phi) is 3.98. The van der Waals surface area contributed by atoms with Crippen LogP contribution in [0.5, 0.6) is 5.75 Å². The van der Waals surface area contributed by atoms with E-state index in [-0.39, 0.29) is 5.41 Å². The van der Waals surface area contributed by atoms with Crippen LogP contribution in [0.2, 0.25) is 0 Å². The molecular formula is C17H23NO. The Morgan fingerprint density at radius 2 is 1.74 bits per heavy atom. The minimum atomic E-state index is 0.157. The zero-order valence-electron chi connectivity index (χ0n) is 12.2. The van der Waals surface area contributed by atoms with Crippen molar-refractivity contribution in [1.29, 1.82) is 0 Å². The predicted molar refractivity (Wildman–Crippen MR) is 81.6 cm³/mol. The maximum absolute atomic E-state index is 5.42. The number of hydrogen-bond donors (Lipinski definition) is 1. The molecule has 0 aromatic heterocycles. The number of rotatable bonds is 4. The maximum atomic E-state index is 5.42. The zero-order valence-corrected chi connectivity index (χ0v) is 12.2. The van der Waals surface area contributed by atoms with Gasteiger partial charge in [-0.15, -0.1) is 0 Å². The standard InChI is InChI=1S/C17H23NO/c1-17(2,3)16(13-9-5-6-10-13)18-14-11-7-8-12-15(14)19-4/h5-13,16,18H,1-4H3/t16-/m0/s1. The molecule has 1 aliphatic carbocycles. The monoisotopic (exact) mass is 257 g/mol. The Morgan fingerprint density at radius 3 is 2.32 bits per heavy atom. The van der Waals surface area contributed by atoms with Gasteiger partial charge < -0.3 is 10.1 Å². The number of methoxy groups -OCH3 is 1. The number of para-hydroxylation sites is 2. The highest BCUT2D eigenvalue weighted by Crippen LogP contribution is 2.34. The molecule has 1 aromatic rings. The normalized spacial score (nSPS) is 16.6. The van der Waals surface area contributed by atoms with Gasteiger partial charge in [0.1, 0.15) is 5.75 Å². The van der Waals surface area contributed by atoms with Gasteiger partial charge in [0, 0.05) is 12.0 Å². The van der Waals surface area contributed by atoms with Crippen molar-refractivity contribution in [2.75, 3.05) is 12.4 Å². The molecule has 1 atom stereocenters. The van der Waals surface area contributed by atoms with E-state index >= 15 is 0 Å². The van der Waals surface area contributed by atoms with Crippen LogP contribution in [0.25, 0.3) is 0 Å². The molecule has 0 spiro atoms.